The fraction of sp³-hybridized carbons (Fsp3) is 0.368. The maximum atomic E-state index is 13.0. The van der Waals surface area contributed by atoms with Gasteiger partial charge in [0.2, 0.25) is 0 Å². The predicted octanol–water partition coefficient (Wildman–Crippen LogP) is 2.48. The third kappa shape index (κ3) is 2.89. The first-order valence-electron chi connectivity index (χ1n) is 8.87. The number of amides is 1. The summed E-state index contributed by atoms with van der Waals surface area (Å²) in [5.74, 6) is 0.956. The molecule has 2 atom stereocenters. The van der Waals surface area contributed by atoms with E-state index in [2.05, 4.69) is 31.8 Å². The Balaban J connectivity index is 1.56. The van der Waals surface area contributed by atoms with Crippen LogP contribution in [0.25, 0.3) is 11.0 Å². The Morgan fingerprint density at radius 1 is 1.27 bits per heavy atom. The van der Waals surface area contributed by atoms with Crippen LogP contribution in [0.1, 0.15) is 30.1 Å². The number of rotatable bonds is 4. The van der Waals surface area contributed by atoms with E-state index in [-0.39, 0.29) is 18.0 Å². The standard InChI is InChI=1S/C19H22N6O/c1-13-3-4-15(25(13)19(26)14-5-8-20-9-6-14)11-24(2)18-16-7-10-21-17(16)22-12-23-18/h5-10,12-13,15H,3-4,11H2,1-2H3,(H,21,22,23)/t13-,15+/m0/s1. The van der Waals surface area contributed by atoms with Gasteiger partial charge < -0.3 is 14.8 Å². The average molecular weight is 350 g/mol. The summed E-state index contributed by atoms with van der Waals surface area (Å²) in [6.45, 7) is 2.85. The number of likely N-dealkylation sites (N-methyl/N-ethyl adjacent to an activating group) is 1. The summed E-state index contributed by atoms with van der Waals surface area (Å²) < 4.78 is 0. The molecule has 0 spiro atoms. The van der Waals surface area contributed by atoms with E-state index in [0.717, 1.165) is 36.2 Å². The minimum atomic E-state index is 0.0743. The molecule has 0 aliphatic carbocycles. The van der Waals surface area contributed by atoms with Crippen LogP contribution in [0.5, 0.6) is 0 Å². The van der Waals surface area contributed by atoms with Gasteiger partial charge in [-0.05, 0) is 38.0 Å². The van der Waals surface area contributed by atoms with Crippen molar-refractivity contribution < 1.29 is 4.79 Å². The minimum Gasteiger partial charge on any atom is -0.357 e. The lowest BCUT2D eigenvalue weighted by molar-refractivity contribution is 0.0684. The Labute approximate surface area is 152 Å². The Morgan fingerprint density at radius 2 is 2.08 bits per heavy atom. The molecule has 7 nitrogen and oxygen atoms in total. The molecule has 0 unspecified atom stereocenters. The van der Waals surface area contributed by atoms with Crippen molar-refractivity contribution >= 4 is 22.8 Å². The molecule has 0 aromatic carbocycles. The SMILES string of the molecule is C[C@H]1CC[C@H](CN(C)c2ncnc3[nH]ccc23)N1C(=O)c1ccncc1. The van der Waals surface area contributed by atoms with Crippen molar-refractivity contribution in [1.29, 1.82) is 0 Å². The van der Waals surface area contributed by atoms with Crippen LogP contribution in [0.3, 0.4) is 0 Å². The lowest BCUT2D eigenvalue weighted by Crippen LogP contribution is -2.45. The number of pyridine rings is 1. The lowest BCUT2D eigenvalue weighted by atomic mass is 10.1. The highest BCUT2D eigenvalue weighted by Crippen LogP contribution is 2.28. The molecule has 0 bridgehead atoms. The van der Waals surface area contributed by atoms with Crippen LogP contribution in [-0.4, -0.2) is 56.4 Å². The fourth-order valence-corrected chi connectivity index (χ4v) is 3.83. The van der Waals surface area contributed by atoms with Gasteiger partial charge in [-0.3, -0.25) is 9.78 Å². The van der Waals surface area contributed by atoms with Crippen molar-refractivity contribution in [1.82, 2.24) is 24.8 Å². The van der Waals surface area contributed by atoms with Gasteiger partial charge >= 0.3 is 0 Å². The predicted molar refractivity (Wildman–Crippen MR) is 100 cm³/mol. The smallest absolute Gasteiger partial charge is 0.254 e. The van der Waals surface area contributed by atoms with Crippen LogP contribution in [-0.2, 0) is 0 Å². The van der Waals surface area contributed by atoms with Crippen LogP contribution >= 0.6 is 0 Å². The number of carbonyl (C=O) groups is 1. The normalized spacial score (nSPS) is 19.8. The molecular weight excluding hydrogens is 328 g/mol. The number of hydrogen-bond donors (Lipinski definition) is 1. The number of carbonyl (C=O) groups excluding carboxylic acids is 1. The molecule has 7 heteroatoms. The highest BCUT2D eigenvalue weighted by molar-refractivity contribution is 5.94. The highest BCUT2D eigenvalue weighted by atomic mass is 16.2. The first kappa shape index (κ1) is 16.5. The Bertz CT molecular complexity index is 909. The van der Waals surface area contributed by atoms with E-state index in [4.69, 9.17) is 0 Å². The van der Waals surface area contributed by atoms with E-state index >= 15 is 0 Å². The van der Waals surface area contributed by atoms with E-state index < -0.39 is 0 Å². The molecule has 4 heterocycles. The van der Waals surface area contributed by atoms with Gasteiger partial charge in [0.1, 0.15) is 17.8 Å². The maximum absolute atomic E-state index is 13.0. The number of nitrogens with zero attached hydrogens (tertiary/aromatic N) is 5. The summed E-state index contributed by atoms with van der Waals surface area (Å²) in [6.07, 6.45) is 8.77. The summed E-state index contributed by atoms with van der Waals surface area (Å²) >= 11 is 0. The van der Waals surface area contributed by atoms with Crippen molar-refractivity contribution in [3.63, 3.8) is 0 Å². The maximum Gasteiger partial charge on any atom is 0.254 e. The van der Waals surface area contributed by atoms with Gasteiger partial charge in [0.05, 0.1) is 5.39 Å². The number of fused-ring (bicyclic) bond motifs is 1. The Morgan fingerprint density at radius 3 is 2.88 bits per heavy atom. The summed E-state index contributed by atoms with van der Waals surface area (Å²) in [5, 5.41) is 0.994. The molecule has 4 rings (SSSR count). The summed E-state index contributed by atoms with van der Waals surface area (Å²) in [7, 11) is 2.02. The third-order valence-corrected chi connectivity index (χ3v) is 5.13. The average Bonchev–Trinajstić information content (AvgIpc) is 3.28. The van der Waals surface area contributed by atoms with Crippen molar-refractivity contribution in [3.8, 4) is 0 Å². The van der Waals surface area contributed by atoms with E-state index in [0.29, 0.717) is 5.56 Å². The second-order valence-corrected chi connectivity index (χ2v) is 6.85. The summed E-state index contributed by atoms with van der Waals surface area (Å²) in [5.41, 5.74) is 1.52. The van der Waals surface area contributed by atoms with Gasteiger partial charge in [-0.25, -0.2) is 9.97 Å². The molecular formula is C19H22N6O. The first-order valence-corrected chi connectivity index (χ1v) is 8.87. The highest BCUT2D eigenvalue weighted by Gasteiger charge is 2.35. The molecule has 1 fully saturated rings. The molecule has 3 aromatic heterocycles. The Hall–Kier alpha value is -2.96. The summed E-state index contributed by atoms with van der Waals surface area (Å²) in [6, 6.07) is 5.92. The zero-order chi connectivity index (χ0) is 18.1. The molecule has 1 aliphatic rings. The van der Waals surface area contributed by atoms with Crippen molar-refractivity contribution in [3.05, 3.63) is 48.7 Å². The van der Waals surface area contributed by atoms with Crippen LogP contribution < -0.4 is 4.90 Å². The molecule has 3 aromatic rings. The quantitative estimate of drug-likeness (QED) is 0.782. The number of H-pyrrole nitrogens is 1. The molecule has 134 valence electrons. The second kappa shape index (κ2) is 6.74. The number of aromatic nitrogens is 4. The van der Waals surface area contributed by atoms with E-state index in [1.165, 1.54) is 0 Å². The van der Waals surface area contributed by atoms with Gasteiger partial charge in [0.25, 0.3) is 5.91 Å². The van der Waals surface area contributed by atoms with Gasteiger partial charge in [0, 0.05) is 49.8 Å². The lowest BCUT2D eigenvalue weighted by Gasteiger charge is -2.32. The molecule has 1 aliphatic heterocycles. The molecule has 1 saturated heterocycles. The van der Waals surface area contributed by atoms with Gasteiger partial charge in [-0.2, -0.15) is 0 Å². The molecule has 0 radical (unpaired) electrons. The fourth-order valence-electron chi connectivity index (χ4n) is 3.83. The van der Waals surface area contributed by atoms with Gasteiger partial charge in [-0.15, -0.1) is 0 Å². The topological polar surface area (TPSA) is 78.0 Å². The van der Waals surface area contributed by atoms with Crippen LogP contribution in [0, 0.1) is 0 Å². The van der Waals surface area contributed by atoms with Gasteiger partial charge in [-0.1, -0.05) is 0 Å². The number of anilines is 1. The van der Waals surface area contributed by atoms with Crippen molar-refractivity contribution in [2.45, 2.75) is 31.8 Å². The monoisotopic (exact) mass is 350 g/mol. The van der Waals surface area contributed by atoms with Crippen LogP contribution in [0.2, 0.25) is 0 Å². The number of nitrogens with one attached hydrogen (secondary N) is 1. The second-order valence-electron chi connectivity index (χ2n) is 6.85. The molecule has 26 heavy (non-hydrogen) atoms. The number of hydrogen-bond acceptors (Lipinski definition) is 5. The van der Waals surface area contributed by atoms with Crippen LogP contribution in [0.15, 0.2) is 43.1 Å². The first-order chi connectivity index (χ1) is 12.6. The third-order valence-electron chi connectivity index (χ3n) is 5.13. The van der Waals surface area contributed by atoms with Crippen LogP contribution in [0.4, 0.5) is 5.82 Å². The zero-order valence-corrected chi connectivity index (χ0v) is 15.0. The minimum absolute atomic E-state index is 0.0743. The largest absolute Gasteiger partial charge is 0.357 e. The van der Waals surface area contributed by atoms with E-state index in [1.807, 2.05) is 24.2 Å². The molecule has 1 N–H and O–H groups in total. The summed E-state index contributed by atoms with van der Waals surface area (Å²) in [4.78, 5) is 33.0. The molecule has 1 amide bonds. The van der Waals surface area contributed by atoms with Gasteiger partial charge in [0.15, 0.2) is 0 Å². The van der Waals surface area contributed by atoms with Crippen molar-refractivity contribution in [2.24, 2.45) is 0 Å². The number of likely N-dealkylation sites (tertiary alicyclic amines) is 1. The Kier molecular flexibility index (Phi) is 4.28. The number of aromatic amines is 1. The van der Waals surface area contributed by atoms with E-state index in [9.17, 15) is 4.79 Å². The zero-order valence-electron chi connectivity index (χ0n) is 15.0. The molecule has 0 saturated carbocycles. The van der Waals surface area contributed by atoms with Crippen molar-refractivity contribution in [2.75, 3.05) is 18.5 Å². The van der Waals surface area contributed by atoms with E-state index in [1.54, 1.807) is 30.9 Å².